The first-order valence-corrected chi connectivity index (χ1v) is 10.9. The summed E-state index contributed by atoms with van der Waals surface area (Å²) in [5, 5.41) is 0. The van der Waals surface area contributed by atoms with Gasteiger partial charge in [-0.15, -0.1) is 0 Å². The first-order chi connectivity index (χ1) is 16.2. The van der Waals surface area contributed by atoms with E-state index in [4.69, 9.17) is 9.47 Å². The Morgan fingerprint density at radius 3 is 2.38 bits per heavy atom. The van der Waals surface area contributed by atoms with E-state index in [1.54, 1.807) is 34.1 Å². The summed E-state index contributed by atoms with van der Waals surface area (Å²) in [7, 11) is 3.04. The van der Waals surface area contributed by atoms with E-state index in [-0.39, 0.29) is 24.8 Å². The van der Waals surface area contributed by atoms with Gasteiger partial charge in [0, 0.05) is 50.9 Å². The number of carbonyl (C=O) groups excluding carboxylic acids is 2. The van der Waals surface area contributed by atoms with Gasteiger partial charge in [-0.05, 0) is 30.3 Å². The minimum atomic E-state index is -4.40. The van der Waals surface area contributed by atoms with Gasteiger partial charge in [-0.1, -0.05) is 6.07 Å². The summed E-state index contributed by atoms with van der Waals surface area (Å²) >= 11 is 0. The molecular formula is C24H26F3N3O4. The van der Waals surface area contributed by atoms with Gasteiger partial charge in [0.15, 0.2) is 0 Å². The SMILES string of the molecule is COc1ccc(N2CC(C(=O)N3CCN(c4cccc(C(F)(F)F)c4)CC3)CC2=O)c(OC)c1. The van der Waals surface area contributed by atoms with Crippen LogP contribution in [0.3, 0.4) is 0 Å². The van der Waals surface area contributed by atoms with Gasteiger partial charge in [0.2, 0.25) is 11.8 Å². The lowest BCUT2D eigenvalue weighted by Crippen LogP contribution is -2.50. The fraction of sp³-hybridized carbons (Fsp3) is 0.417. The highest BCUT2D eigenvalue weighted by Crippen LogP contribution is 2.36. The predicted octanol–water partition coefficient (Wildman–Crippen LogP) is 3.42. The third-order valence-corrected chi connectivity index (χ3v) is 6.28. The summed E-state index contributed by atoms with van der Waals surface area (Å²) in [6.45, 7) is 1.85. The number of hydrogen-bond donors (Lipinski definition) is 0. The van der Waals surface area contributed by atoms with Crippen LogP contribution in [0.15, 0.2) is 42.5 Å². The van der Waals surface area contributed by atoms with Crippen molar-refractivity contribution in [3.05, 3.63) is 48.0 Å². The smallest absolute Gasteiger partial charge is 0.416 e. The third kappa shape index (κ3) is 4.76. The van der Waals surface area contributed by atoms with E-state index in [2.05, 4.69) is 0 Å². The molecule has 2 saturated heterocycles. The van der Waals surface area contributed by atoms with Gasteiger partial charge in [0.25, 0.3) is 0 Å². The summed E-state index contributed by atoms with van der Waals surface area (Å²) in [5.74, 6) is 0.310. The molecule has 0 N–H and O–H groups in total. The monoisotopic (exact) mass is 477 g/mol. The minimum absolute atomic E-state index is 0.0991. The molecule has 0 spiro atoms. The molecule has 2 fully saturated rings. The molecule has 2 amide bonds. The largest absolute Gasteiger partial charge is 0.497 e. The Hall–Kier alpha value is -3.43. The molecule has 7 nitrogen and oxygen atoms in total. The fourth-order valence-electron chi connectivity index (χ4n) is 4.44. The first-order valence-electron chi connectivity index (χ1n) is 10.9. The highest BCUT2D eigenvalue weighted by atomic mass is 19.4. The normalized spacial score (nSPS) is 18.9. The molecule has 0 saturated carbocycles. The van der Waals surface area contributed by atoms with Crippen LogP contribution in [0.2, 0.25) is 0 Å². The summed E-state index contributed by atoms with van der Waals surface area (Å²) < 4.78 is 49.7. The molecule has 2 aliphatic heterocycles. The highest BCUT2D eigenvalue weighted by Gasteiger charge is 2.39. The van der Waals surface area contributed by atoms with E-state index >= 15 is 0 Å². The van der Waals surface area contributed by atoms with E-state index in [9.17, 15) is 22.8 Å². The average Bonchev–Trinajstić information content (AvgIpc) is 3.24. The van der Waals surface area contributed by atoms with Crippen LogP contribution >= 0.6 is 0 Å². The number of alkyl halides is 3. The van der Waals surface area contributed by atoms with Crippen molar-refractivity contribution in [1.82, 2.24) is 4.90 Å². The number of anilines is 2. The molecule has 1 unspecified atom stereocenters. The first kappa shape index (κ1) is 23.7. The molecule has 10 heteroatoms. The van der Waals surface area contributed by atoms with E-state index in [0.29, 0.717) is 49.1 Å². The lowest BCUT2D eigenvalue weighted by atomic mass is 10.1. The summed E-state index contributed by atoms with van der Waals surface area (Å²) in [5.41, 5.74) is 0.371. The number of benzene rings is 2. The number of hydrogen-bond acceptors (Lipinski definition) is 5. The number of rotatable bonds is 5. The topological polar surface area (TPSA) is 62.3 Å². The van der Waals surface area contributed by atoms with Crippen LogP contribution < -0.4 is 19.3 Å². The van der Waals surface area contributed by atoms with E-state index < -0.39 is 17.7 Å². The van der Waals surface area contributed by atoms with Crippen LogP contribution in [0.4, 0.5) is 24.5 Å². The van der Waals surface area contributed by atoms with E-state index in [0.717, 1.165) is 12.1 Å². The Morgan fingerprint density at radius 2 is 1.74 bits per heavy atom. The van der Waals surface area contributed by atoms with Crippen molar-refractivity contribution < 1.29 is 32.2 Å². The van der Waals surface area contributed by atoms with Crippen LogP contribution in [-0.2, 0) is 15.8 Å². The summed E-state index contributed by atoms with van der Waals surface area (Å²) in [6.07, 6.45) is -4.30. The third-order valence-electron chi connectivity index (χ3n) is 6.28. The lowest BCUT2D eigenvalue weighted by Gasteiger charge is -2.37. The zero-order chi connectivity index (χ0) is 24.5. The number of halogens is 3. The van der Waals surface area contributed by atoms with Crippen LogP contribution in [0, 0.1) is 5.92 Å². The second kappa shape index (κ2) is 9.44. The molecule has 0 aromatic heterocycles. The quantitative estimate of drug-likeness (QED) is 0.661. The van der Waals surface area contributed by atoms with E-state index in [1.807, 2.05) is 4.90 Å². The van der Waals surface area contributed by atoms with Crippen molar-refractivity contribution in [1.29, 1.82) is 0 Å². The van der Waals surface area contributed by atoms with Crippen LogP contribution in [0.25, 0.3) is 0 Å². The molecule has 2 aliphatic rings. The number of piperazine rings is 1. The predicted molar refractivity (Wildman–Crippen MR) is 120 cm³/mol. The molecule has 0 aliphatic carbocycles. The van der Waals surface area contributed by atoms with Crippen molar-refractivity contribution in [3.63, 3.8) is 0 Å². The van der Waals surface area contributed by atoms with Crippen molar-refractivity contribution in [2.45, 2.75) is 12.6 Å². The van der Waals surface area contributed by atoms with Crippen molar-refractivity contribution in [2.75, 3.05) is 56.7 Å². The Labute approximate surface area is 195 Å². The van der Waals surface area contributed by atoms with Gasteiger partial charge in [0.1, 0.15) is 11.5 Å². The summed E-state index contributed by atoms with van der Waals surface area (Å²) in [6, 6.07) is 10.4. The zero-order valence-electron chi connectivity index (χ0n) is 19.0. The maximum Gasteiger partial charge on any atom is 0.416 e. The Morgan fingerprint density at radius 1 is 1.00 bits per heavy atom. The van der Waals surface area contributed by atoms with E-state index in [1.165, 1.54) is 20.3 Å². The number of carbonyl (C=O) groups is 2. The number of amides is 2. The second-order valence-corrected chi connectivity index (χ2v) is 8.30. The minimum Gasteiger partial charge on any atom is -0.497 e. The van der Waals surface area contributed by atoms with Crippen LogP contribution in [-0.4, -0.2) is 63.7 Å². The Bertz CT molecular complexity index is 1070. The lowest BCUT2D eigenvalue weighted by molar-refractivity contribution is -0.137. The van der Waals surface area contributed by atoms with Gasteiger partial charge >= 0.3 is 6.18 Å². The molecule has 2 aromatic rings. The molecule has 0 bridgehead atoms. The molecule has 4 rings (SSSR count). The van der Waals surface area contributed by atoms with Crippen LogP contribution in [0.5, 0.6) is 11.5 Å². The average molecular weight is 477 g/mol. The molecule has 2 aromatic carbocycles. The maximum atomic E-state index is 13.1. The zero-order valence-corrected chi connectivity index (χ0v) is 19.0. The number of ether oxygens (including phenoxy) is 2. The molecule has 34 heavy (non-hydrogen) atoms. The molecule has 1 atom stereocenters. The molecule has 2 heterocycles. The molecule has 182 valence electrons. The number of nitrogens with zero attached hydrogens (tertiary/aromatic N) is 3. The van der Waals surface area contributed by atoms with Gasteiger partial charge in [0.05, 0.1) is 31.4 Å². The van der Waals surface area contributed by atoms with Gasteiger partial charge in [-0.2, -0.15) is 13.2 Å². The Balaban J connectivity index is 1.39. The Kier molecular flexibility index (Phi) is 6.58. The van der Waals surface area contributed by atoms with Gasteiger partial charge < -0.3 is 24.2 Å². The van der Waals surface area contributed by atoms with Gasteiger partial charge in [-0.3, -0.25) is 9.59 Å². The van der Waals surface area contributed by atoms with Crippen molar-refractivity contribution in [3.8, 4) is 11.5 Å². The standard InChI is InChI=1S/C24H26F3N3O4/c1-33-19-6-7-20(21(14-19)34-2)30-15-16(12-22(30)31)23(32)29-10-8-28(9-11-29)18-5-3-4-17(13-18)24(25,26)27/h3-7,13-14,16H,8-12,15H2,1-2H3. The summed E-state index contributed by atoms with van der Waals surface area (Å²) in [4.78, 5) is 30.9. The number of methoxy groups -OCH3 is 2. The van der Waals surface area contributed by atoms with Gasteiger partial charge in [-0.25, -0.2) is 0 Å². The second-order valence-electron chi connectivity index (χ2n) is 8.30. The van der Waals surface area contributed by atoms with Crippen LogP contribution in [0.1, 0.15) is 12.0 Å². The van der Waals surface area contributed by atoms with Crippen molar-refractivity contribution in [2.24, 2.45) is 5.92 Å². The fourth-order valence-corrected chi connectivity index (χ4v) is 4.44. The molecular weight excluding hydrogens is 451 g/mol. The van der Waals surface area contributed by atoms with Crippen molar-refractivity contribution >= 4 is 23.2 Å². The maximum absolute atomic E-state index is 13.1. The highest BCUT2D eigenvalue weighted by molar-refractivity contribution is 6.01. The molecule has 0 radical (unpaired) electrons.